The van der Waals surface area contributed by atoms with Crippen molar-refractivity contribution in [3.05, 3.63) is 64.2 Å². The molecule has 0 bridgehead atoms. The second-order valence-electron chi connectivity index (χ2n) is 4.37. The monoisotopic (exact) mass is 297 g/mol. The third-order valence-electron chi connectivity index (χ3n) is 2.75. The van der Waals surface area contributed by atoms with Crippen molar-refractivity contribution in [2.75, 3.05) is 6.54 Å². The summed E-state index contributed by atoms with van der Waals surface area (Å²) in [6.45, 7) is 0.627. The molecule has 0 saturated carbocycles. The molecule has 0 radical (unpaired) electrons. The van der Waals surface area contributed by atoms with Crippen molar-refractivity contribution in [1.29, 1.82) is 0 Å². The van der Waals surface area contributed by atoms with Gasteiger partial charge in [0.1, 0.15) is 24.0 Å². The molecule has 2 aromatic carbocycles. The molecule has 106 valence electrons. The molecule has 0 heterocycles. The number of halogens is 3. The molecule has 2 N–H and O–H groups in total. The molecule has 5 heteroatoms. The largest absolute Gasteiger partial charge is 0.489 e. The van der Waals surface area contributed by atoms with Gasteiger partial charge in [0.05, 0.1) is 5.02 Å². The van der Waals surface area contributed by atoms with Crippen molar-refractivity contribution in [2.24, 2.45) is 5.73 Å². The number of nitrogens with two attached hydrogens (primary N) is 1. The Morgan fingerprint density at radius 2 is 1.85 bits per heavy atom. The minimum absolute atomic E-state index is 0.0363. The van der Waals surface area contributed by atoms with Crippen LogP contribution in [0.15, 0.2) is 36.4 Å². The van der Waals surface area contributed by atoms with Gasteiger partial charge in [-0.15, -0.1) is 0 Å². The van der Waals surface area contributed by atoms with E-state index in [0.29, 0.717) is 24.3 Å². The van der Waals surface area contributed by atoms with Gasteiger partial charge < -0.3 is 10.5 Å². The predicted molar refractivity (Wildman–Crippen MR) is 74.9 cm³/mol. The van der Waals surface area contributed by atoms with E-state index in [1.807, 2.05) is 0 Å². The van der Waals surface area contributed by atoms with E-state index < -0.39 is 5.82 Å². The van der Waals surface area contributed by atoms with Crippen LogP contribution in [0.4, 0.5) is 8.78 Å². The first kappa shape index (κ1) is 14.8. The summed E-state index contributed by atoms with van der Waals surface area (Å²) in [5.74, 6) is -0.441. The first-order valence-corrected chi connectivity index (χ1v) is 6.52. The maximum atomic E-state index is 13.4. The Kier molecular flexibility index (Phi) is 4.93. The highest BCUT2D eigenvalue weighted by Crippen LogP contribution is 2.20. The summed E-state index contributed by atoms with van der Waals surface area (Å²) in [7, 11) is 0. The Balaban J connectivity index is 2.08. The summed E-state index contributed by atoms with van der Waals surface area (Å²) >= 11 is 5.68. The first-order valence-electron chi connectivity index (χ1n) is 6.15. The maximum Gasteiger partial charge on any atom is 0.141 e. The lowest BCUT2D eigenvalue weighted by atomic mass is 10.1. The standard InChI is InChI=1S/C15H14ClF2NO/c16-14-7-11(1-2-15(14)18)9-20-13-6-10(3-4-19)5-12(17)8-13/h1-2,5-8H,3-4,9,19H2. The molecule has 0 aromatic heterocycles. The maximum absolute atomic E-state index is 13.4. The Hall–Kier alpha value is -1.65. The molecule has 0 amide bonds. The topological polar surface area (TPSA) is 35.2 Å². The smallest absolute Gasteiger partial charge is 0.141 e. The van der Waals surface area contributed by atoms with Crippen LogP contribution in [0.3, 0.4) is 0 Å². The van der Waals surface area contributed by atoms with Crippen molar-refractivity contribution in [3.8, 4) is 5.75 Å². The number of benzene rings is 2. The van der Waals surface area contributed by atoms with E-state index in [1.165, 1.54) is 24.3 Å². The molecular weight excluding hydrogens is 284 g/mol. The van der Waals surface area contributed by atoms with E-state index >= 15 is 0 Å². The second-order valence-corrected chi connectivity index (χ2v) is 4.78. The molecule has 0 spiro atoms. The fourth-order valence-corrected chi connectivity index (χ4v) is 2.01. The molecular formula is C15H14ClF2NO. The fourth-order valence-electron chi connectivity index (χ4n) is 1.81. The lowest BCUT2D eigenvalue weighted by molar-refractivity contribution is 0.304. The summed E-state index contributed by atoms with van der Waals surface area (Å²) in [6, 6.07) is 8.78. The number of ether oxygens (including phenoxy) is 1. The van der Waals surface area contributed by atoms with Gasteiger partial charge in [0.15, 0.2) is 0 Å². The molecule has 0 atom stereocenters. The SMILES string of the molecule is NCCc1cc(F)cc(OCc2ccc(F)c(Cl)c2)c1. The van der Waals surface area contributed by atoms with E-state index in [4.69, 9.17) is 22.1 Å². The van der Waals surface area contributed by atoms with E-state index in [9.17, 15) is 8.78 Å². The van der Waals surface area contributed by atoms with Crippen LogP contribution >= 0.6 is 11.6 Å². The Bertz CT molecular complexity index is 604. The minimum atomic E-state index is -0.480. The van der Waals surface area contributed by atoms with Gasteiger partial charge in [-0.05, 0) is 48.4 Å². The van der Waals surface area contributed by atoms with E-state index in [0.717, 1.165) is 5.56 Å². The highest BCUT2D eigenvalue weighted by molar-refractivity contribution is 6.30. The van der Waals surface area contributed by atoms with Crippen LogP contribution in [0.1, 0.15) is 11.1 Å². The Morgan fingerprint density at radius 3 is 2.55 bits per heavy atom. The summed E-state index contributed by atoms with van der Waals surface area (Å²) in [6.07, 6.45) is 0.580. The van der Waals surface area contributed by atoms with Gasteiger partial charge in [0, 0.05) is 6.07 Å². The van der Waals surface area contributed by atoms with Gasteiger partial charge in [0.2, 0.25) is 0 Å². The van der Waals surface area contributed by atoms with Gasteiger partial charge in [-0.3, -0.25) is 0 Å². The minimum Gasteiger partial charge on any atom is -0.489 e. The molecule has 0 aliphatic carbocycles. The zero-order chi connectivity index (χ0) is 14.5. The molecule has 2 aromatic rings. The van der Waals surface area contributed by atoms with Gasteiger partial charge in [0.25, 0.3) is 0 Å². The molecule has 0 fully saturated rings. The third-order valence-corrected chi connectivity index (χ3v) is 3.04. The molecule has 0 saturated heterocycles. The van der Waals surface area contributed by atoms with Crippen LogP contribution in [0.25, 0.3) is 0 Å². The Labute approximate surface area is 121 Å². The van der Waals surface area contributed by atoms with Crippen LogP contribution in [-0.4, -0.2) is 6.54 Å². The van der Waals surface area contributed by atoms with Crippen LogP contribution in [-0.2, 0) is 13.0 Å². The molecule has 2 nitrogen and oxygen atoms in total. The Morgan fingerprint density at radius 1 is 1.05 bits per heavy atom. The normalized spacial score (nSPS) is 10.6. The van der Waals surface area contributed by atoms with Crippen LogP contribution in [0.2, 0.25) is 5.02 Å². The molecule has 2 rings (SSSR count). The summed E-state index contributed by atoms with van der Waals surface area (Å²) in [4.78, 5) is 0. The molecule has 0 unspecified atom stereocenters. The summed E-state index contributed by atoms with van der Waals surface area (Å²) in [5, 5.41) is 0.0363. The van der Waals surface area contributed by atoms with Crippen molar-refractivity contribution >= 4 is 11.6 Å². The number of hydrogen-bond donors (Lipinski definition) is 1. The fraction of sp³-hybridized carbons (Fsp3) is 0.200. The highest BCUT2D eigenvalue weighted by Gasteiger charge is 2.04. The third kappa shape index (κ3) is 3.92. The lowest BCUT2D eigenvalue weighted by Gasteiger charge is -2.09. The first-order chi connectivity index (χ1) is 9.58. The average molecular weight is 298 g/mol. The van der Waals surface area contributed by atoms with Crippen LogP contribution < -0.4 is 10.5 Å². The number of hydrogen-bond acceptors (Lipinski definition) is 2. The summed E-state index contributed by atoms with van der Waals surface area (Å²) < 4.78 is 31.9. The number of rotatable bonds is 5. The lowest BCUT2D eigenvalue weighted by Crippen LogP contribution is -2.04. The van der Waals surface area contributed by atoms with Crippen molar-refractivity contribution in [3.63, 3.8) is 0 Å². The molecule has 20 heavy (non-hydrogen) atoms. The van der Waals surface area contributed by atoms with Crippen molar-refractivity contribution in [1.82, 2.24) is 0 Å². The van der Waals surface area contributed by atoms with Gasteiger partial charge >= 0.3 is 0 Å². The van der Waals surface area contributed by atoms with Gasteiger partial charge in [-0.25, -0.2) is 8.78 Å². The molecule has 0 aliphatic heterocycles. The highest BCUT2D eigenvalue weighted by atomic mass is 35.5. The zero-order valence-electron chi connectivity index (χ0n) is 10.7. The van der Waals surface area contributed by atoms with E-state index in [-0.39, 0.29) is 17.4 Å². The van der Waals surface area contributed by atoms with Gasteiger partial charge in [-0.1, -0.05) is 17.7 Å². The van der Waals surface area contributed by atoms with E-state index in [2.05, 4.69) is 0 Å². The van der Waals surface area contributed by atoms with Gasteiger partial charge in [-0.2, -0.15) is 0 Å². The van der Waals surface area contributed by atoms with E-state index in [1.54, 1.807) is 12.1 Å². The summed E-state index contributed by atoms with van der Waals surface area (Å²) in [5.41, 5.74) is 6.93. The zero-order valence-corrected chi connectivity index (χ0v) is 11.5. The van der Waals surface area contributed by atoms with Crippen molar-refractivity contribution < 1.29 is 13.5 Å². The average Bonchev–Trinajstić information content (AvgIpc) is 2.40. The van der Waals surface area contributed by atoms with Crippen LogP contribution in [0.5, 0.6) is 5.75 Å². The van der Waals surface area contributed by atoms with Crippen molar-refractivity contribution in [2.45, 2.75) is 13.0 Å². The second kappa shape index (κ2) is 6.68. The van der Waals surface area contributed by atoms with Crippen LogP contribution in [0, 0.1) is 11.6 Å². The molecule has 0 aliphatic rings. The predicted octanol–water partition coefficient (Wildman–Crippen LogP) is 3.70. The quantitative estimate of drug-likeness (QED) is 0.913.